The number of imide groups is 2. The molecule has 1 atom stereocenters. The maximum absolute atomic E-state index is 12.8. The molecule has 0 saturated carbocycles. The van der Waals surface area contributed by atoms with E-state index in [4.69, 9.17) is 5.73 Å². The average molecular weight is 378 g/mol. The number of nitrogen functional groups attached to an aromatic ring is 1. The summed E-state index contributed by atoms with van der Waals surface area (Å²) in [6.45, 7) is 0.455. The predicted octanol–water partition coefficient (Wildman–Crippen LogP) is 1.28. The summed E-state index contributed by atoms with van der Waals surface area (Å²) in [5, 5.41) is 5.41. The van der Waals surface area contributed by atoms with Crippen LogP contribution in [0.15, 0.2) is 42.5 Å². The Morgan fingerprint density at radius 2 is 1.71 bits per heavy atom. The van der Waals surface area contributed by atoms with Crippen molar-refractivity contribution in [3.05, 3.63) is 59.2 Å². The molecule has 2 aromatic carbocycles. The summed E-state index contributed by atoms with van der Waals surface area (Å²) in [6.07, 6.45) is 0.238. The number of hydrogen-bond donors (Lipinski definition) is 3. The van der Waals surface area contributed by atoms with E-state index in [1.807, 2.05) is 12.1 Å². The van der Waals surface area contributed by atoms with Crippen LogP contribution >= 0.6 is 0 Å². The van der Waals surface area contributed by atoms with Crippen LogP contribution in [0, 0.1) is 0 Å². The lowest BCUT2D eigenvalue weighted by atomic mass is 10.0. The van der Waals surface area contributed by atoms with Crippen molar-refractivity contribution in [1.82, 2.24) is 10.2 Å². The van der Waals surface area contributed by atoms with Crippen molar-refractivity contribution in [2.75, 3.05) is 11.1 Å². The number of piperidine rings is 1. The Morgan fingerprint density at radius 1 is 1.00 bits per heavy atom. The average Bonchev–Trinajstić information content (AvgIpc) is 2.92. The quantitative estimate of drug-likeness (QED) is 0.544. The van der Waals surface area contributed by atoms with Crippen molar-refractivity contribution in [3.8, 4) is 0 Å². The van der Waals surface area contributed by atoms with E-state index in [0.29, 0.717) is 12.2 Å². The number of fused-ring (bicyclic) bond motifs is 1. The monoisotopic (exact) mass is 378 g/mol. The van der Waals surface area contributed by atoms with Crippen LogP contribution in [0.25, 0.3) is 0 Å². The fraction of sp³-hybridized carbons (Fsp3) is 0.200. The molecule has 8 nitrogen and oxygen atoms in total. The standard InChI is InChI=1S/C20H18N4O4/c21-12-2-4-13(5-3-12)22-10-11-1-6-14-15(9-11)20(28)24(19(14)27)16-7-8-17(25)23-18(16)26/h1-6,9,16,22H,7-8,10,21H2,(H,23,25,26). The number of carbonyl (C=O) groups is 4. The van der Waals surface area contributed by atoms with E-state index in [9.17, 15) is 19.2 Å². The van der Waals surface area contributed by atoms with Gasteiger partial charge in [0.25, 0.3) is 11.8 Å². The van der Waals surface area contributed by atoms with Gasteiger partial charge in [0, 0.05) is 24.3 Å². The van der Waals surface area contributed by atoms with E-state index in [2.05, 4.69) is 10.6 Å². The second-order valence-corrected chi connectivity index (χ2v) is 6.80. The Morgan fingerprint density at radius 3 is 2.43 bits per heavy atom. The van der Waals surface area contributed by atoms with Crippen LogP contribution in [0.3, 0.4) is 0 Å². The lowest BCUT2D eigenvalue weighted by molar-refractivity contribution is -0.136. The number of anilines is 2. The Balaban J connectivity index is 1.53. The largest absolute Gasteiger partial charge is 0.399 e. The van der Waals surface area contributed by atoms with E-state index in [0.717, 1.165) is 16.2 Å². The summed E-state index contributed by atoms with van der Waals surface area (Å²) < 4.78 is 0. The molecule has 1 saturated heterocycles. The van der Waals surface area contributed by atoms with Gasteiger partial charge in [0.05, 0.1) is 11.1 Å². The minimum Gasteiger partial charge on any atom is -0.399 e. The first-order chi connectivity index (χ1) is 13.4. The Hall–Kier alpha value is -3.68. The van der Waals surface area contributed by atoms with Gasteiger partial charge in [0.15, 0.2) is 0 Å². The summed E-state index contributed by atoms with van der Waals surface area (Å²) in [7, 11) is 0. The third-order valence-corrected chi connectivity index (χ3v) is 4.91. The molecule has 4 N–H and O–H groups in total. The third kappa shape index (κ3) is 3.09. The van der Waals surface area contributed by atoms with Crippen LogP contribution in [0.4, 0.5) is 11.4 Å². The molecule has 4 amide bonds. The number of rotatable bonds is 4. The minimum atomic E-state index is -0.957. The van der Waals surface area contributed by atoms with Crippen molar-refractivity contribution < 1.29 is 19.2 Å². The van der Waals surface area contributed by atoms with Crippen LogP contribution in [-0.4, -0.2) is 34.6 Å². The number of benzene rings is 2. The highest BCUT2D eigenvalue weighted by molar-refractivity contribution is 6.23. The molecular weight excluding hydrogens is 360 g/mol. The predicted molar refractivity (Wildman–Crippen MR) is 101 cm³/mol. The molecule has 0 aromatic heterocycles. The lowest BCUT2D eigenvalue weighted by Crippen LogP contribution is -2.54. The zero-order valence-electron chi connectivity index (χ0n) is 14.9. The molecule has 2 aliphatic heterocycles. The van der Waals surface area contributed by atoms with Gasteiger partial charge in [-0.25, -0.2) is 0 Å². The van der Waals surface area contributed by atoms with Gasteiger partial charge in [-0.3, -0.25) is 29.4 Å². The van der Waals surface area contributed by atoms with Gasteiger partial charge < -0.3 is 11.1 Å². The number of nitrogens with zero attached hydrogens (tertiary/aromatic N) is 1. The van der Waals surface area contributed by atoms with Gasteiger partial charge in [-0.05, 0) is 48.4 Å². The molecule has 2 aromatic rings. The second kappa shape index (κ2) is 6.80. The summed E-state index contributed by atoms with van der Waals surface area (Å²) in [4.78, 5) is 49.9. The molecule has 0 radical (unpaired) electrons. The minimum absolute atomic E-state index is 0.0978. The van der Waals surface area contributed by atoms with Gasteiger partial charge in [-0.15, -0.1) is 0 Å². The van der Waals surface area contributed by atoms with Crippen molar-refractivity contribution >= 4 is 35.0 Å². The van der Waals surface area contributed by atoms with Gasteiger partial charge >= 0.3 is 0 Å². The topological polar surface area (TPSA) is 122 Å². The highest BCUT2D eigenvalue weighted by Gasteiger charge is 2.44. The number of nitrogens with one attached hydrogen (secondary N) is 2. The zero-order valence-corrected chi connectivity index (χ0v) is 14.9. The maximum Gasteiger partial charge on any atom is 0.262 e. The molecule has 0 spiro atoms. The zero-order chi connectivity index (χ0) is 19.8. The summed E-state index contributed by atoms with van der Waals surface area (Å²) in [5.74, 6) is -2.03. The fourth-order valence-electron chi connectivity index (χ4n) is 3.43. The fourth-order valence-corrected chi connectivity index (χ4v) is 3.43. The van der Waals surface area contributed by atoms with Crippen LogP contribution in [0.5, 0.6) is 0 Å². The van der Waals surface area contributed by atoms with Gasteiger partial charge in [-0.1, -0.05) is 6.07 Å². The molecule has 8 heteroatoms. The Kier molecular flexibility index (Phi) is 4.31. The first-order valence-corrected chi connectivity index (χ1v) is 8.88. The molecule has 4 rings (SSSR count). The van der Waals surface area contributed by atoms with Gasteiger partial charge in [-0.2, -0.15) is 0 Å². The lowest BCUT2D eigenvalue weighted by Gasteiger charge is -2.27. The summed E-state index contributed by atoms with van der Waals surface area (Å²) in [6, 6.07) is 11.3. The normalized spacial score (nSPS) is 18.9. The number of amides is 4. The molecule has 0 bridgehead atoms. The first-order valence-electron chi connectivity index (χ1n) is 8.88. The van der Waals surface area contributed by atoms with Gasteiger partial charge in [0.1, 0.15) is 6.04 Å². The molecule has 142 valence electrons. The van der Waals surface area contributed by atoms with Crippen LogP contribution in [0.2, 0.25) is 0 Å². The van der Waals surface area contributed by atoms with E-state index in [1.54, 1.807) is 30.3 Å². The van der Waals surface area contributed by atoms with Gasteiger partial charge in [0.2, 0.25) is 11.8 Å². The SMILES string of the molecule is Nc1ccc(NCc2ccc3c(c2)C(=O)N(C2CCC(=O)NC2=O)C3=O)cc1. The summed E-state index contributed by atoms with van der Waals surface area (Å²) >= 11 is 0. The van der Waals surface area contributed by atoms with Crippen molar-refractivity contribution in [2.24, 2.45) is 0 Å². The summed E-state index contributed by atoms with van der Waals surface area (Å²) in [5.41, 5.74) is 8.57. The third-order valence-electron chi connectivity index (χ3n) is 4.91. The smallest absolute Gasteiger partial charge is 0.262 e. The van der Waals surface area contributed by atoms with Crippen LogP contribution < -0.4 is 16.4 Å². The first kappa shape index (κ1) is 17.7. The molecule has 2 aliphatic rings. The molecular formula is C20H18N4O4. The van der Waals surface area contributed by atoms with E-state index >= 15 is 0 Å². The molecule has 2 heterocycles. The highest BCUT2D eigenvalue weighted by atomic mass is 16.2. The van der Waals surface area contributed by atoms with E-state index in [1.165, 1.54) is 0 Å². The number of carbonyl (C=O) groups excluding carboxylic acids is 4. The Labute approximate surface area is 160 Å². The molecule has 0 aliphatic carbocycles. The van der Waals surface area contributed by atoms with Crippen molar-refractivity contribution in [2.45, 2.75) is 25.4 Å². The number of nitrogens with two attached hydrogens (primary N) is 1. The van der Waals surface area contributed by atoms with Crippen LogP contribution in [-0.2, 0) is 16.1 Å². The van der Waals surface area contributed by atoms with Crippen molar-refractivity contribution in [1.29, 1.82) is 0 Å². The second-order valence-electron chi connectivity index (χ2n) is 6.80. The maximum atomic E-state index is 12.8. The van der Waals surface area contributed by atoms with Crippen molar-refractivity contribution in [3.63, 3.8) is 0 Å². The highest BCUT2D eigenvalue weighted by Crippen LogP contribution is 2.28. The van der Waals surface area contributed by atoms with Crippen LogP contribution in [0.1, 0.15) is 39.1 Å². The Bertz CT molecular complexity index is 1000. The molecule has 1 fully saturated rings. The molecule has 28 heavy (non-hydrogen) atoms. The number of hydrogen-bond acceptors (Lipinski definition) is 6. The van der Waals surface area contributed by atoms with E-state index in [-0.39, 0.29) is 24.0 Å². The van der Waals surface area contributed by atoms with E-state index < -0.39 is 29.7 Å². The molecule has 1 unspecified atom stereocenters.